The average molecular weight is 315 g/mol. The van der Waals surface area contributed by atoms with E-state index in [9.17, 15) is 9.90 Å². The molecule has 5 nitrogen and oxygen atoms in total. The van der Waals surface area contributed by atoms with Crippen LogP contribution in [-0.4, -0.2) is 23.0 Å². The highest BCUT2D eigenvalue weighted by atomic mass is 35.5. The van der Waals surface area contributed by atoms with Crippen molar-refractivity contribution in [3.63, 3.8) is 0 Å². The summed E-state index contributed by atoms with van der Waals surface area (Å²) in [6.45, 7) is 5.32. The predicted molar refractivity (Wildman–Crippen MR) is 84.8 cm³/mol. The fourth-order valence-corrected chi connectivity index (χ4v) is 2.20. The maximum Gasteiger partial charge on any atom is 0.224 e. The van der Waals surface area contributed by atoms with Crippen molar-refractivity contribution in [2.45, 2.75) is 52.0 Å². The molecule has 1 heterocycles. The number of aliphatic hydroxyl groups is 1. The summed E-state index contributed by atoms with van der Waals surface area (Å²) in [6.07, 6.45) is 1.73. The predicted octanol–water partition coefficient (Wildman–Crippen LogP) is 2.43. The first kappa shape index (κ1) is 17.8. The third-order valence-corrected chi connectivity index (χ3v) is 3.14. The van der Waals surface area contributed by atoms with Crippen LogP contribution in [0.3, 0.4) is 0 Å². The highest BCUT2D eigenvalue weighted by Crippen LogP contribution is 2.27. The smallest absolute Gasteiger partial charge is 0.224 e. The number of carbonyl (C=O) groups is 1. The molecule has 1 aromatic carbocycles. The average Bonchev–Trinajstić information content (AvgIpc) is 2.35. The van der Waals surface area contributed by atoms with Crippen LogP contribution in [0.1, 0.15) is 39.2 Å². The van der Waals surface area contributed by atoms with Crippen molar-refractivity contribution in [1.82, 2.24) is 5.32 Å². The maximum absolute atomic E-state index is 11.4. The van der Waals surface area contributed by atoms with Crippen molar-refractivity contribution >= 4 is 24.0 Å². The zero-order chi connectivity index (χ0) is 14.8. The summed E-state index contributed by atoms with van der Waals surface area (Å²) in [5, 5.41) is 15.6. The number of fused-ring (bicyclic) bond motifs is 1. The normalized spacial score (nSPS) is 15.5. The Bertz CT molecular complexity index is 500. The van der Waals surface area contributed by atoms with Crippen molar-refractivity contribution in [2.75, 3.05) is 5.32 Å². The van der Waals surface area contributed by atoms with Gasteiger partial charge in [-0.2, -0.15) is 0 Å². The summed E-state index contributed by atoms with van der Waals surface area (Å²) >= 11 is 0. The molecule has 1 amide bonds. The first-order valence-electron chi connectivity index (χ1n) is 6.97. The van der Waals surface area contributed by atoms with Gasteiger partial charge in [0.2, 0.25) is 5.91 Å². The highest BCUT2D eigenvalue weighted by molar-refractivity contribution is 5.94. The van der Waals surface area contributed by atoms with Crippen molar-refractivity contribution in [1.29, 1.82) is 0 Å². The van der Waals surface area contributed by atoms with E-state index in [4.69, 9.17) is 4.74 Å². The zero-order valence-corrected chi connectivity index (χ0v) is 13.4. The van der Waals surface area contributed by atoms with E-state index >= 15 is 0 Å². The van der Waals surface area contributed by atoms with Gasteiger partial charge in [0.15, 0.2) is 6.23 Å². The van der Waals surface area contributed by atoms with Gasteiger partial charge < -0.3 is 15.2 Å². The third-order valence-electron chi connectivity index (χ3n) is 3.14. The number of nitrogens with one attached hydrogen (secondary N) is 2. The van der Waals surface area contributed by atoms with E-state index < -0.39 is 5.72 Å². The Labute approximate surface area is 131 Å². The second-order valence-electron chi connectivity index (χ2n) is 5.59. The van der Waals surface area contributed by atoms with Gasteiger partial charge in [0.1, 0.15) is 11.5 Å². The summed E-state index contributed by atoms with van der Waals surface area (Å²) in [5.74, 6) is 0.714. The molecule has 0 fully saturated rings. The molecule has 1 unspecified atom stereocenters. The number of hydrogen-bond acceptors (Lipinski definition) is 4. The third kappa shape index (κ3) is 5.19. The van der Waals surface area contributed by atoms with Crippen LogP contribution in [0, 0.1) is 0 Å². The number of benzene rings is 1. The summed E-state index contributed by atoms with van der Waals surface area (Å²) < 4.78 is 5.82. The molecular weight excluding hydrogens is 292 g/mol. The Balaban J connectivity index is 0.00000220. The molecule has 1 aromatic rings. The van der Waals surface area contributed by atoms with Crippen LogP contribution in [0.25, 0.3) is 0 Å². The minimum atomic E-state index is -0.997. The van der Waals surface area contributed by atoms with E-state index in [1.165, 1.54) is 0 Å². The largest absolute Gasteiger partial charge is 0.475 e. The molecule has 1 aliphatic rings. The Hall–Kier alpha value is -1.30. The Morgan fingerprint density at radius 2 is 2.14 bits per heavy atom. The van der Waals surface area contributed by atoms with Crippen molar-refractivity contribution in [3.8, 4) is 5.75 Å². The van der Waals surface area contributed by atoms with Gasteiger partial charge in [-0.25, -0.2) is 0 Å². The molecule has 0 aliphatic carbocycles. The first-order valence-corrected chi connectivity index (χ1v) is 6.97. The van der Waals surface area contributed by atoms with E-state index in [1.807, 2.05) is 25.1 Å². The van der Waals surface area contributed by atoms with Gasteiger partial charge in [0, 0.05) is 18.2 Å². The van der Waals surface area contributed by atoms with Crippen LogP contribution in [0.5, 0.6) is 5.75 Å². The molecule has 118 valence electrons. The lowest BCUT2D eigenvalue weighted by atomic mass is 10.0. The molecule has 0 radical (unpaired) electrons. The number of hydrogen-bond donors (Lipinski definition) is 3. The van der Waals surface area contributed by atoms with Gasteiger partial charge >= 0.3 is 0 Å². The Morgan fingerprint density at radius 1 is 1.43 bits per heavy atom. The fourth-order valence-electron chi connectivity index (χ4n) is 2.20. The summed E-state index contributed by atoms with van der Waals surface area (Å²) in [4.78, 5) is 11.4. The van der Waals surface area contributed by atoms with Crippen molar-refractivity contribution < 1.29 is 14.6 Å². The number of aryl methyl sites for hydroxylation is 1. The lowest BCUT2D eigenvalue weighted by molar-refractivity contribution is -0.116. The lowest BCUT2D eigenvalue weighted by Crippen LogP contribution is -2.48. The summed E-state index contributed by atoms with van der Waals surface area (Å²) in [7, 11) is 0. The number of anilines is 1. The Morgan fingerprint density at radius 3 is 2.76 bits per heavy atom. The molecule has 6 heteroatoms. The fraction of sp³-hybridized carbons (Fsp3) is 0.533. The minimum Gasteiger partial charge on any atom is -0.475 e. The van der Waals surface area contributed by atoms with Crippen molar-refractivity contribution in [2.24, 2.45) is 0 Å². The van der Waals surface area contributed by atoms with E-state index in [-0.39, 0.29) is 24.5 Å². The van der Waals surface area contributed by atoms with E-state index in [0.717, 1.165) is 17.7 Å². The van der Waals surface area contributed by atoms with Gasteiger partial charge in [-0.3, -0.25) is 10.1 Å². The van der Waals surface area contributed by atoms with Gasteiger partial charge in [0.05, 0.1) is 0 Å². The number of amides is 1. The second-order valence-corrected chi connectivity index (χ2v) is 5.59. The summed E-state index contributed by atoms with van der Waals surface area (Å²) in [6, 6.07) is 5.70. The minimum absolute atomic E-state index is 0. The quantitative estimate of drug-likeness (QED) is 0.730. The van der Waals surface area contributed by atoms with Crippen LogP contribution in [0.4, 0.5) is 5.69 Å². The number of halogens is 1. The van der Waals surface area contributed by atoms with Crippen LogP contribution in [-0.2, 0) is 11.2 Å². The molecule has 3 N–H and O–H groups in total. The lowest BCUT2D eigenvalue weighted by Gasteiger charge is -2.27. The number of carbonyl (C=O) groups excluding carboxylic acids is 1. The van der Waals surface area contributed by atoms with Gasteiger partial charge in [-0.15, -0.1) is 12.4 Å². The molecule has 0 bridgehead atoms. The molecule has 21 heavy (non-hydrogen) atoms. The standard InChI is InChI=1S/C15H22N2O3.ClH/c1-4-14(17-15(2,3)19)20-11-7-5-10-6-8-13(18)16-12(10)9-11;/h5,7,9,14,17,19H,4,6,8H2,1-3H3,(H,16,18);1H. The zero-order valence-electron chi connectivity index (χ0n) is 12.6. The van der Waals surface area contributed by atoms with E-state index in [1.54, 1.807) is 13.8 Å². The molecule has 0 saturated heterocycles. The summed E-state index contributed by atoms with van der Waals surface area (Å²) in [5.41, 5.74) is 0.945. The molecule has 1 aliphatic heterocycles. The molecule has 0 saturated carbocycles. The van der Waals surface area contributed by atoms with Gasteiger partial charge in [-0.05, 0) is 38.3 Å². The van der Waals surface area contributed by atoms with E-state index in [0.29, 0.717) is 18.6 Å². The molecular formula is C15H23ClN2O3. The number of ether oxygens (including phenoxy) is 1. The monoisotopic (exact) mass is 314 g/mol. The molecule has 0 aromatic heterocycles. The van der Waals surface area contributed by atoms with Crippen LogP contribution < -0.4 is 15.4 Å². The van der Waals surface area contributed by atoms with Gasteiger partial charge in [-0.1, -0.05) is 13.0 Å². The molecule has 0 spiro atoms. The van der Waals surface area contributed by atoms with Gasteiger partial charge in [0.25, 0.3) is 0 Å². The van der Waals surface area contributed by atoms with Crippen LogP contribution >= 0.6 is 12.4 Å². The Kier molecular flexibility index (Phi) is 6.01. The maximum atomic E-state index is 11.4. The SMILES string of the molecule is CCC(NC(C)(C)O)Oc1ccc2c(c1)NC(=O)CC2.Cl. The van der Waals surface area contributed by atoms with E-state index in [2.05, 4.69) is 10.6 Å². The first-order chi connectivity index (χ1) is 9.37. The molecule has 1 atom stereocenters. The molecule has 2 rings (SSSR count). The second kappa shape index (κ2) is 7.11. The number of rotatable bonds is 5. The van der Waals surface area contributed by atoms with Crippen LogP contribution in [0.2, 0.25) is 0 Å². The topological polar surface area (TPSA) is 70.6 Å². The van der Waals surface area contributed by atoms with Crippen LogP contribution in [0.15, 0.2) is 18.2 Å². The van der Waals surface area contributed by atoms with Crippen molar-refractivity contribution in [3.05, 3.63) is 23.8 Å². The highest BCUT2D eigenvalue weighted by Gasteiger charge is 2.20.